The number of hydrogen-bond donors (Lipinski definition) is 2. The Hall–Kier alpha value is -1.06. The van der Waals surface area contributed by atoms with Gasteiger partial charge in [-0.25, -0.2) is 0 Å². The molecule has 0 aromatic rings. The Bertz CT molecular complexity index is 287. The van der Waals surface area contributed by atoms with Crippen molar-refractivity contribution in [2.45, 2.75) is 34.0 Å². The summed E-state index contributed by atoms with van der Waals surface area (Å²) in [5.41, 5.74) is 1.72. The lowest BCUT2D eigenvalue weighted by atomic mass is 10.0. The van der Waals surface area contributed by atoms with Crippen molar-refractivity contribution >= 4 is 0 Å². The van der Waals surface area contributed by atoms with Gasteiger partial charge in [-0.05, 0) is 38.8 Å². The average Bonchev–Trinajstić information content (AvgIpc) is 2.17. The van der Waals surface area contributed by atoms with Gasteiger partial charge < -0.3 is 14.9 Å². The van der Waals surface area contributed by atoms with Crippen LogP contribution in [0.1, 0.15) is 27.7 Å². The van der Waals surface area contributed by atoms with E-state index in [1.54, 1.807) is 33.8 Å². The molecule has 86 valence electrons. The van der Waals surface area contributed by atoms with Crippen molar-refractivity contribution in [3.8, 4) is 0 Å². The molecule has 3 heteroatoms. The van der Waals surface area contributed by atoms with E-state index in [0.29, 0.717) is 23.3 Å². The first-order valence-electron chi connectivity index (χ1n) is 4.97. The van der Waals surface area contributed by atoms with Crippen LogP contribution in [0.3, 0.4) is 0 Å². The van der Waals surface area contributed by atoms with Crippen molar-refractivity contribution in [2.75, 3.05) is 6.61 Å². The van der Waals surface area contributed by atoms with Gasteiger partial charge in [0.25, 0.3) is 0 Å². The molecule has 0 heterocycles. The number of rotatable bonds is 5. The van der Waals surface area contributed by atoms with Crippen LogP contribution in [0.2, 0.25) is 0 Å². The van der Waals surface area contributed by atoms with Gasteiger partial charge in [0.15, 0.2) is 6.29 Å². The fourth-order valence-corrected chi connectivity index (χ4v) is 1.25. The molecule has 0 radical (unpaired) electrons. The van der Waals surface area contributed by atoms with E-state index >= 15 is 0 Å². The van der Waals surface area contributed by atoms with Crippen LogP contribution in [0.15, 0.2) is 35.1 Å². The molecule has 0 bridgehead atoms. The first-order valence-corrected chi connectivity index (χ1v) is 4.97. The van der Waals surface area contributed by atoms with Crippen LogP contribution in [0, 0.1) is 0 Å². The fraction of sp³-hybridized carbons (Fsp3) is 0.500. The minimum absolute atomic E-state index is 0.0989. The maximum absolute atomic E-state index is 9.69. The Morgan fingerprint density at radius 1 is 1.47 bits per heavy atom. The van der Waals surface area contributed by atoms with Crippen molar-refractivity contribution in [1.29, 1.82) is 0 Å². The zero-order chi connectivity index (χ0) is 12.0. The van der Waals surface area contributed by atoms with Gasteiger partial charge in [-0.3, -0.25) is 0 Å². The molecule has 1 unspecified atom stereocenters. The molecular formula is C12H20O3. The van der Waals surface area contributed by atoms with Gasteiger partial charge >= 0.3 is 0 Å². The fourth-order valence-electron chi connectivity index (χ4n) is 1.25. The summed E-state index contributed by atoms with van der Waals surface area (Å²) in [6, 6.07) is 0. The Morgan fingerprint density at radius 3 is 2.33 bits per heavy atom. The SMILES string of the molecule is C=C(C)/C(O)=C(C)\C(=C/C)C(O)OCC. The Kier molecular flexibility index (Phi) is 5.97. The first-order chi connectivity index (χ1) is 6.95. The van der Waals surface area contributed by atoms with Crippen LogP contribution in [-0.4, -0.2) is 23.1 Å². The first kappa shape index (κ1) is 13.9. The highest BCUT2D eigenvalue weighted by Gasteiger charge is 2.14. The van der Waals surface area contributed by atoms with Gasteiger partial charge in [0.05, 0.1) is 0 Å². The predicted octanol–water partition coefficient (Wildman–Crippen LogP) is 2.70. The average molecular weight is 212 g/mol. The van der Waals surface area contributed by atoms with E-state index in [0.717, 1.165) is 0 Å². The molecule has 1 atom stereocenters. The summed E-state index contributed by atoms with van der Waals surface area (Å²) in [5, 5.41) is 19.3. The Morgan fingerprint density at radius 2 is 2.00 bits per heavy atom. The van der Waals surface area contributed by atoms with Gasteiger partial charge in [0, 0.05) is 12.2 Å². The van der Waals surface area contributed by atoms with E-state index in [1.165, 1.54) is 0 Å². The second kappa shape index (κ2) is 6.43. The van der Waals surface area contributed by atoms with Crippen molar-refractivity contribution in [3.05, 3.63) is 35.1 Å². The van der Waals surface area contributed by atoms with Crippen molar-refractivity contribution in [1.82, 2.24) is 0 Å². The molecule has 0 aromatic heterocycles. The third-order valence-electron chi connectivity index (χ3n) is 2.09. The quantitative estimate of drug-likeness (QED) is 0.418. The largest absolute Gasteiger partial charge is 0.507 e. The maximum atomic E-state index is 9.69. The number of aliphatic hydroxyl groups excluding tert-OH is 2. The normalized spacial score (nSPS) is 15.9. The monoisotopic (exact) mass is 212 g/mol. The van der Waals surface area contributed by atoms with Crippen LogP contribution < -0.4 is 0 Å². The van der Waals surface area contributed by atoms with Crippen molar-refractivity contribution < 1.29 is 14.9 Å². The number of ether oxygens (including phenoxy) is 1. The molecule has 0 aliphatic heterocycles. The zero-order valence-electron chi connectivity index (χ0n) is 9.87. The molecule has 0 aromatic carbocycles. The van der Waals surface area contributed by atoms with Crippen LogP contribution in [0.25, 0.3) is 0 Å². The minimum atomic E-state index is -0.999. The van der Waals surface area contributed by atoms with Gasteiger partial charge in [0.2, 0.25) is 0 Å². The second-order valence-corrected chi connectivity index (χ2v) is 3.31. The minimum Gasteiger partial charge on any atom is -0.507 e. The summed E-state index contributed by atoms with van der Waals surface area (Å²) in [4.78, 5) is 0. The lowest BCUT2D eigenvalue weighted by Gasteiger charge is -2.16. The molecule has 0 rings (SSSR count). The third-order valence-corrected chi connectivity index (χ3v) is 2.09. The highest BCUT2D eigenvalue weighted by Crippen LogP contribution is 2.20. The van der Waals surface area contributed by atoms with Gasteiger partial charge in [-0.15, -0.1) is 0 Å². The second-order valence-electron chi connectivity index (χ2n) is 3.31. The van der Waals surface area contributed by atoms with Gasteiger partial charge in [0.1, 0.15) is 5.76 Å². The Balaban J connectivity index is 5.00. The van der Waals surface area contributed by atoms with E-state index in [-0.39, 0.29) is 5.76 Å². The highest BCUT2D eigenvalue weighted by molar-refractivity contribution is 5.39. The zero-order valence-corrected chi connectivity index (χ0v) is 9.87. The summed E-state index contributed by atoms with van der Waals surface area (Å²) in [7, 11) is 0. The Labute approximate surface area is 91.4 Å². The molecule has 0 amide bonds. The summed E-state index contributed by atoms with van der Waals surface area (Å²) < 4.78 is 5.06. The molecular weight excluding hydrogens is 192 g/mol. The van der Waals surface area contributed by atoms with Gasteiger partial charge in [-0.2, -0.15) is 0 Å². The van der Waals surface area contributed by atoms with E-state index < -0.39 is 6.29 Å². The summed E-state index contributed by atoms with van der Waals surface area (Å²) in [5.74, 6) is 0.0989. The van der Waals surface area contributed by atoms with Crippen molar-refractivity contribution in [3.63, 3.8) is 0 Å². The molecule has 0 aliphatic carbocycles. The topological polar surface area (TPSA) is 49.7 Å². The predicted molar refractivity (Wildman–Crippen MR) is 61.5 cm³/mol. The summed E-state index contributed by atoms with van der Waals surface area (Å²) >= 11 is 0. The van der Waals surface area contributed by atoms with E-state index in [1.807, 2.05) is 0 Å². The van der Waals surface area contributed by atoms with Gasteiger partial charge in [-0.1, -0.05) is 12.7 Å². The number of allylic oxidation sites excluding steroid dienone is 2. The molecule has 3 nitrogen and oxygen atoms in total. The number of aliphatic hydroxyl groups is 2. The van der Waals surface area contributed by atoms with Crippen molar-refractivity contribution in [2.24, 2.45) is 0 Å². The van der Waals surface area contributed by atoms with Crippen LogP contribution >= 0.6 is 0 Å². The van der Waals surface area contributed by atoms with Crippen LogP contribution in [-0.2, 0) is 4.74 Å². The molecule has 0 saturated carbocycles. The van der Waals surface area contributed by atoms with E-state index in [9.17, 15) is 10.2 Å². The lowest BCUT2D eigenvalue weighted by Crippen LogP contribution is -2.16. The molecule has 15 heavy (non-hydrogen) atoms. The molecule has 0 spiro atoms. The molecule has 2 N–H and O–H groups in total. The smallest absolute Gasteiger partial charge is 0.181 e. The summed E-state index contributed by atoms with van der Waals surface area (Å²) in [6.07, 6.45) is 0.718. The highest BCUT2D eigenvalue weighted by atomic mass is 16.6. The van der Waals surface area contributed by atoms with E-state index in [4.69, 9.17) is 4.74 Å². The number of hydrogen-bond acceptors (Lipinski definition) is 3. The van der Waals surface area contributed by atoms with E-state index in [2.05, 4.69) is 6.58 Å². The summed E-state index contributed by atoms with van der Waals surface area (Å²) in [6.45, 7) is 11.1. The molecule has 0 fully saturated rings. The maximum Gasteiger partial charge on any atom is 0.181 e. The third kappa shape index (κ3) is 3.90. The van der Waals surface area contributed by atoms with Crippen LogP contribution in [0.4, 0.5) is 0 Å². The molecule has 0 aliphatic rings. The standard InChI is InChI=1S/C12H20O3/c1-6-10(12(14)15-7-2)9(5)11(13)8(3)4/h6,12-14H,3,7H2,1-2,4-5H3/b10-6+,11-9+. The lowest BCUT2D eigenvalue weighted by molar-refractivity contribution is -0.0657. The van der Waals surface area contributed by atoms with Crippen LogP contribution in [0.5, 0.6) is 0 Å². The molecule has 0 saturated heterocycles.